The highest BCUT2D eigenvalue weighted by Crippen LogP contribution is 2.23. The molecule has 0 bridgehead atoms. The minimum Gasteiger partial charge on any atom is -0.424 e. The van der Waals surface area contributed by atoms with Gasteiger partial charge in [-0.15, -0.1) is 0 Å². The Morgan fingerprint density at radius 3 is 2.38 bits per heavy atom. The van der Waals surface area contributed by atoms with E-state index in [1.54, 1.807) is 12.4 Å². The van der Waals surface area contributed by atoms with E-state index in [9.17, 15) is 0 Å². The molecule has 0 aliphatic heterocycles. The summed E-state index contributed by atoms with van der Waals surface area (Å²) >= 11 is 0. The Kier molecular flexibility index (Phi) is 4.58. The summed E-state index contributed by atoms with van der Waals surface area (Å²) in [5.41, 5.74) is 3.34. The van der Waals surface area contributed by atoms with Gasteiger partial charge in [-0.25, -0.2) is 9.97 Å². The van der Waals surface area contributed by atoms with Crippen LogP contribution in [0.3, 0.4) is 0 Å². The van der Waals surface area contributed by atoms with Crippen molar-refractivity contribution in [1.29, 1.82) is 0 Å². The number of ether oxygens (including phenoxy) is 1. The SMILES string of the molecule is Cc1ccc(C)c(Oc2ncc(CNC(C)(C)C)cn2)c1. The molecule has 0 saturated carbocycles. The Labute approximate surface area is 126 Å². The van der Waals surface area contributed by atoms with E-state index in [0.29, 0.717) is 6.01 Å². The maximum absolute atomic E-state index is 5.75. The highest BCUT2D eigenvalue weighted by atomic mass is 16.5. The monoisotopic (exact) mass is 285 g/mol. The van der Waals surface area contributed by atoms with Gasteiger partial charge in [-0.05, 0) is 51.8 Å². The third-order valence-electron chi connectivity index (χ3n) is 3.05. The normalized spacial score (nSPS) is 11.5. The molecule has 0 unspecified atom stereocenters. The van der Waals surface area contributed by atoms with Crippen molar-refractivity contribution in [1.82, 2.24) is 15.3 Å². The van der Waals surface area contributed by atoms with Crippen LogP contribution in [0.2, 0.25) is 0 Å². The molecule has 0 radical (unpaired) electrons. The summed E-state index contributed by atoms with van der Waals surface area (Å²) in [6.45, 7) is 11.2. The second-order valence-corrected chi connectivity index (χ2v) is 6.35. The minimum absolute atomic E-state index is 0.0772. The number of nitrogens with zero attached hydrogens (tertiary/aromatic N) is 2. The lowest BCUT2D eigenvalue weighted by molar-refractivity contribution is 0.419. The van der Waals surface area contributed by atoms with Crippen LogP contribution in [0.5, 0.6) is 11.8 Å². The lowest BCUT2D eigenvalue weighted by Crippen LogP contribution is -2.35. The number of hydrogen-bond acceptors (Lipinski definition) is 4. The van der Waals surface area contributed by atoms with Crippen LogP contribution in [0.15, 0.2) is 30.6 Å². The summed E-state index contributed by atoms with van der Waals surface area (Å²) in [5.74, 6) is 0.801. The Bertz CT molecular complexity index is 600. The van der Waals surface area contributed by atoms with Gasteiger partial charge in [0.2, 0.25) is 0 Å². The van der Waals surface area contributed by atoms with E-state index in [0.717, 1.165) is 29.0 Å². The van der Waals surface area contributed by atoms with Crippen LogP contribution in [0.25, 0.3) is 0 Å². The van der Waals surface area contributed by atoms with Gasteiger partial charge in [-0.3, -0.25) is 0 Å². The Morgan fingerprint density at radius 2 is 1.76 bits per heavy atom. The first kappa shape index (κ1) is 15.4. The number of aryl methyl sites for hydroxylation is 2. The molecule has 1 heterocycles. The lowest BCUT2D eigenvalue weighted by atomic mass is 10.1. The highest BCUT2D eigenvalue weighted by Gasteiger charge is 2.09. The van der Waals surface area contributed by atoms with Crippen molar-refractivity contribution in [3.63, 3.8) is 0 Å². The topological polar surface area (TPSA) is 47.0 Å². The predicted octanol–water partition coefficient (Wildman–Crippen LogP) is 3.77. The molecule has 4 nitrogen and oxygen atoms in total. The van der Waals surface area contributed by atoms with Gasteiger partial charge < -0.3 is 10.1 Å². The molecule has 0 aliphatic rings. The number of aromatic nitrogens is 2. The van der Waals surface area contributed by atoms with Crippen molar-refractivity contribution in [3.05, 3.63) is 47.3 Å². The van der Waals surface area contributed by atoms with Crippen LogP contribution >= 0.6 is 0 Å². The van der Waals surface area contributed by atoms with Crippen molar-refractivity contribution in [2.75, 3.05) is 0 Å². The van der Waals surface area contributed by atoms with Crippen LogP contribution in [-0.4, -0.2) is 15.5 Å². The van der Waals surface area contributed by atoms with Crippen LogP contribution in [0.1, 0.15) is 37.5 Å². The van der Waals surface area contributed by atoms with Crippen molar-refractivity contribution in [2.45, 2.75) is 46.7 Å². The zero-order valence-electron chi connectivity index (χ0n) is 13.4. The van der Waals surface area contributed by atoms with Crippen molar-refractivity contribution >= 4 is 0 Å². The Morgan fingerprint density at radius 1 is 1.10 bits per heavy atom. The zero-order chi connectivity index (χ0) is 15.5. The average molecular weight is 285 g/mol. The zero-order valence-corrected chi connectivity index (χ0v) is 13.4. The van der Waals surface area contributed by atoms with E-state index in [1.807, 2.05) is 26.0 Å². The molecule has 1 aromatic heterocycles. The van der Waals surface area contributed by atoms with Gasteiger partial charge in [0.05, 0.1) is 0 Å². The third kappa shape index (κ3) is 4.83. The second-order valence-electron chi connectivity index (χ2n) is 6.35. The Balaban J connectivity index is 2.04. The van der Waals surface area contributed by atoms with Crippen molar-refractivity contribution < 1.29 is 4.74 Å². The molecule has 0 fully saturated rings. The number of benzene rings is 1. The fraction of sp³-hybridized carbons (Fsp3) is 0.412. The van der Waals surface area contributed by atoms with E-state index >= 15 is 0 Å². The summed E-state index contributed by atoms with van der Waals surface area (Å²) in [6, 6.07) is 6.47. The van der Waals surface area contributed by atoms with Gasteiger partial charge in [0, 0.05) is 30.0 Å². The molecule has 2 rings (SSSR count). The molecule has 1 N–H and O–H groups in total. The first-order chi connectivity index (χ1) is 9.83. The first-order valence-electron chi connectivity index (χ1n) is 7.14. The summed E-state index contributed by atoms with van der Waals surface area (Å²) in [7, 11) is 0. The molecule has 2 aromatic rings. The van der Waals surface area contributed by atoms with Crippen molar-refractivity contribution in [2.24, 2.45) is 0 Å². The number of nitrogens with one attached hydrogen (secondary N) is 1. The standard InChI is InChI=1S/C17H23N3O/c1-12-6-7-13(2)15(8-12)21-16-18-9-14(10-19-16)11-20-17(3,4)5/h6-10,20H,11H2,1-5H3. The van der Waals surface area contributed by atoms with Crippen LogP contribution in [0, 0.1) is 13.8 Å². The highest BCUT2D eigenvalue weighted by molar-refractivity contribution is 5.37. The smallest absolute Gasteiger partial charge is 0.321 e. The molecule has 21 heavy (non-hydrogen) atoms. The molecule has 0 saturated heterocycles. The summed E-state index contributed by atoms with van der Waals surface area (Å²) in [5, 5.41) is 3.40. The summed E-state index contributed by atoms with van der Waals surface area (Å²) in [4.78, 5) is 8.54. The average Bonchev–Trinajstić information content (AvgIpc) is 2.41. The number of hydrogen-bond donors (Lipinski definition) is 1. The predicted molar refractivity (Wildman–Crippen MR) is 84.6 cm³/mol. The van der Waals surface area contributed by atoms with Gasteiger partial charge in [-0.2, -0.15) is 0 Å². The van der Waals surface area contributed by atoms with Gasteiger partial charge in [-0.1, -0.05) is 12.1 Å². The molecule has 112 valence electrons. The quantitative estimate of drug-likeness (QED) is 0.928. The third-order valence-corrected chi connectivity index (χ3v) is 3.05. The molecular formula is C17H23N3O. The van der Waals surface area contributed by atoms with E-state index in [2.05, 4.69) is 42.1 Å². The fourth-order valence-electron chi connectivity index (χ4n) is 1.77. The van der Waals surface area contributed by atoms with E-state index in [1.165, 1.54) is 0 Å². The molecule has 4 heteroatoms. The number of rotatable bonds is 4. The summed E-state index contributed by atoms with van der Waals surface area (Å²) in [6.07, 6.45) is 3.60. The largest absolute Gasteiger partial charge is 0.424 e. The van der Waals surface area contributed by atoms with E-state index in [4.69, 9.17) is 4.74 Å². The van der Waals surface area contributed by atoms with Crippen LogP contribution < -0.4 is 10.1 Å². The van der Waals surface area contributed by atoms with Crippen LogP contribution in [0.4, 0.5) is 0 Å². The molecule has 0 aliphatic carbocycles. The van der Waals surface area contributed by atoms with Gasteiger partial charge in [0.15, 0.2) is 0 Å². The fourth-order valence-corrected chi connectivity index (χ4v) is 1.77. The first-order valence-corrected chi connectivity index (χ1v) is 7.14. The minimum atomic E-state index is 0.0772. The molecule has 0 amide bonds. The van der Waals surface area contributed by atoms with Gasteiger partial charge in [0.1, 0.15) is 5.75 Å². The van der Waals surface area contributed by atoms with E-state index in [-0.39, 0.29) is 5.54 Å². The lowest BCUT2D eigenvalue weighted by Gasteiger charge is -2.20. The summed E-state index contributed by atoms with van der Waals surface area (Å²) < 4.78 is 5.75. The molecule has 0 spiro atoms. The molecular weight excluding hydrogens is 262 g/mol. The van der Waals surface area contributed by atoms with Gasteiger partial charge in [0.25, 0.3) is 0 Å². The molecule has 0 atom stereocenters. The van der Waals surface area contributed by atoms with Crippen molar-refractivity contribution in [3.8, 4) is 11.8 Å². The molecule has 1 aromatic carbocycles. The van der Waals surface area contributed by atoms with Gasteiger partial charge >= 0.3 is 6.01 Å². The second kappa shape index (κ2) is 6.22. The maximum atomic E-state index is 5.75. The van der Waals surface area contributed by atoms with E-state index < -0.39 is 0 Å². The maximum Gasteiger partial charge on any atom is 0.321 e. The van der Waals surface area contributed by atoms with Crippen LogP contribution in [-0.2, 0) is 6.54 Å². The Hall–Kier alpha value is -1.94.